The molecule has 1 fully saturated rings. The van der Waals surface area contributed by atoms with Crippen molar-refractivity contribution in [3.63, 3.8) is 0 Å². The van der Waals surface area contributed by atoms with Crippen molar-refractivity contribution in [2.45, 2.75) is 22.1 Å². The summed E-state index contributed by atoms with van der Waals surface area (Å²) in [5, 5.41) is 10.4. The highest BCUT2D eigenvalue weighted by atomic mass is 35.5. The first-order valence-corrected chi connectivity index (χ1v) is 11.8. The highest BCUT2D eigenvalue weighted by Gasteiger charge is 2.63. The summed E-state index contributed by atoms with van der Waals surface area (Å²) in [4.78, 5) is 24.2. The number of sulfonamides is 1. The van der Waals surface area contributed by atoms with Gasteiger partial charge in [-0.1, -0.05) is 35.9 Å². The SMILES string of the molecule is NC(=O)c1cccc([C@@H]2C[C@]2(NS(=O)(=O)c2ccc(-c3ccc(Cl)cc3)s2)C(=O)O)c1. The Labute approximate surface area is 187 Å². The normalized spacial score (nSPS) is 20.4. The summed E-state index contributed by atoms with van der Waals surface area (Å²) in [5.74, 6) is -2.54. The van der Waals surface area contributed by atoms with Crippen LogP contribution in [0.2, 0.25) is 5.02 Å². The van der Waals surface area contributed by atoms with Gasteiger partial charge in [0.05, 0.1) is 0 Å². The smallest absolute Gasteiger partial charge is 0.325 e. The van der Waals surface area contributed by atoms with Gasteiger partial charge in [-0.3, -0.25) is 9.59 Å². The van der Waals surface area contributed by atoms with Crippen molar-refractivity contribution in [3.8, 4) is 10.4 Å². The zero-order chi connectivity index (χ0) is 22.4. The molecule has 4 rings (SSSR count). The molecule has 3 aromatic rings. The van der Waals surface area contributed by atoms with Crippen molar-refractivity contribution < 1.29 is 23.1 Å². The molecule has 160 valence electrons. The van der Waals surface area contributed by atoms with E-state index in [9.17, 15) is 23.1 Å². The van der Waals surface area contributed by atoms with Crippen LogP contribution in [-0.2, 0) is 14.8 Å². The van der Waals surface area contributed by atoms with Gasteiger partial charge in [0, 0.05) is 21.4 Å². The molecular weight excluding hydrogens is 460 g/mol. The number of carboxylic acid groups (broad SMARTS) is 1. The number of benzene rings is 2. The fourth-order valence-electron chi connectivity index (χ4n) is 3.49. The van der Waals surface area contributed by atoms with E-state index in [0.29, 0.717) is 15.5 Å². The zero-order valence-electron chi connectivity index (χ0n) is 15.9. The van der Waals surface area contributed by atoms with E-state index in [1.54, 1.807) is 42.5 Å². The third-order valence-corrected chi connectivity index (χ3v) is 8.60. The molecule has 0 bridgehead atoms. The predicted molar refractivity (Wildman–Crippen MR) is 118 cm³/mol. The molecule has 1 saturated carbocycles. The number of carboxylic acids is 1. The summed E-state index contributed by atoms with van der Waals surface area (Å²) in [6.07, 6.45) is 0.0686. The summed E-state index contributed by atoms with van der Waals surface area (Å²) in [6, 6.07) is 16.3. The van der Waals surface area contributed by atoms with Crippen molar-refractivity contribution in [2.24, 2.45) is 5.73 Å². The average Bonchev–Trinajstić information content (AvgIpc) is 3.22. The van der Waals surface area contributed by atoms with Crippen molar-refractivity contribution in [1.29, 1.82) is 0 Å². The van der Waals surface area contributed by atoms with Crippen LogP contribution >= 0.6 is 22.9 Å². The van der Waals surface area contributed by atoms with Crippen LogP contribution in [0, 0.1) is 0 Å². The van der Waals surface area contributed by atoms with Gasteiger partial charge in [0.2, 0.25) is 5.91 Å². The number of nitrogens with one attached hydrogen (secondary N) is 1. The van der Waals surface area contributed by atoms with Gasteiger partial charge >= 0.3 is 5.97 Å². The Balaban J connectivity index is 1.61. The minimum absolute atomic E-state index is 0.00890. The molecule has 0 aliphatic heterocycles. The standard InChI is InChI=1S/C21H17ClN2O5S2/c22-15-6-4-12(5-7-15)17-8-9-18(30-17)31(28,29)24-21(20(26)27)11-16(21)13-2-1-3-14(10-13)19(23)25/h1-10,16,24H,11H2,(H2,23,25)(H,26,27)/t16-,21+/m0/s1. The van der Waals surface area contributed by atoms with E-state index < -0.39 is 33.4 Å². The summed E-state index contributed by atoms with van der Waals surface area (Å²) in [6.45, 7) is 0. The number of rotatable bonds is 7. The van der Waals surface area contributed by atoms with E-state index in [-0.39, 0.29) is 16.2 Å². The molecule has 0 saturated heterocycles. The maximum atomic E-state index is 13.0. The molecule has 10 heteroatoms. The molecule has 7 nitrogen and oxygen atoms in total. The molecule has 0 radical (unpaired) electrons. The van der Waals surface area contributed by atoms with Gasteiger partial charge in [0.25, 0.3) is 10.0 Å². The number of halogens is 1. The summed E-state index contributed by atoms with van der Waals surface area (Å²) < 4.78 is 28.4. The minimum atomic E-state index is -4.09. The fraction of sp³-hybridized carbons (Fsp3) is 0.143. The summed E-state index contributed by atoms with van der Waals surface area (Å²) in [5.41, 5.74) is 5.19. The Hall–Kier alpha value is -2.72. The molecule has 4 N–H and O–H groups in total. The lowest BCUT2D eigenvalue weighted by Crippen LogP contribution is -2.44. The molecular formula is C21H17ClN2O5S2. The van der Waals surface area contributed by atoms with Gasteiger partial charge in [0.1, 0.15) is 9.75 Å². The van der Waals surface area contributed by atoms with Crippen LogP contribution in [0.3, 0.4) is 0 Å². The molecule has 31 heavy (non-hydrogen) atoms. The van der Waals surface area contributed by atoms with Crippen LogP contribution in [0.15, 0.2) is 64.9 Å². The van der Waals surface area contributed by atoms with Crippen molar-refractivity contribution in [2.75, 3.05) is 0 Å². The molecule has 2 aromatic carbocycles. The first-order chi connectivity index (χ1) is 14.6. The number of carbonyl (C=O) groups excluding carboxylic acids is 1. The predicted octanol–water partition coefficient (Wildman–Crippen LogP) is 3.46. The second kappa shape index (κ2) is 7.76. The molecule has 1 heterocycles. The monoisotopic (exact) mass is 476 g/mol. The van der Waals surface area contributed by atoms with Gasteiger partial charge in [-0.05, 0) is 53.9 Å². The van der Waals surface area contributed by atoms with E-state index in [1.165, 1.54) is 18.2 Å². The third kappa shape index (κ3) is 4.09. The third-order valence-electron chi connectivity index (χ3n) is 5.21. The van der Waals surface area contributed by atoms with Crippen molar-refractivity contribution in [1.82, 2.24) is 4.72 Å². The minimum Gasteiger partial charge on any atom is -0.480 e. The number of nitrogens with two attached hydrogens (primary N) is 1. The van der Waals surface area contributed by atoms with E-state index in [1.807, 2.05) is 0 Å². The van der Waals surface area contributed by atoms with Crippen LogP contribution in [0.4, 0.5) is 0 Å². The van der Waals surface area contributed by atoms with Crippen LogP contribution < -0.4 is 10.5 Å². The van der Waals surface area contributed by atoms with Gasteiger partial charge in [0.15, 0.2) is 0 Å². The zero-order valence-corrected chi connectivity index (χ0v) is 18.3. The number of amides is 1. The van der Waals surface area contributed by atoms with E-state index in [2.05, 4.69) is 4.72 Å². The van der Waals surface area contributed by atoms with Gasteiger partial charge < -0.3 is 10.8 Å². The lowest BCUT2D eigenvalue weighted by molar-refractivity contribution is -0.140. The molecule has 1 aliphatic rings. The van der Waals surface area contributed by atoms with Gasteiger partial charge in [-0.25, -0.2) is 8.42 Å². The molecule has 0 spiro atoms. The first kappa shape index (κ1) is 21.5. The van der Waals surface area contributed by atoms with E-state index in [4.69, 9.17) is 17.3 Å². The molecule has 1 aromatic heterocycles. The van der Waals surface area contributed by atoms with Crippen molar-refractivity contribution >= 4 is 44.8 Å². The molecule has 1 amide bonds. The fourth-order valence-corrected chi connectivity index (χ4v) is 6.33. The summed E-state index contributed by atoms with van der Waals surface area (Å²) >= 11 is 6.93. The first-order valence-electron chi connectivity index (χ1n) is 9.15. The Morgan fingerprint density at radius 2 is 1.84 bits per heavy atom. The number of aliphatic carboxylic acids is 1. The lowest BCUT2D eigenvalue weighted by atomic mass is 10.0. The Morgan fingerprint density at radius 1 is 1.13 bits per heavy atom. The van der Waals surface area contributed by atoms with Gasteiger partial charge in [-0.15, -0.1) is 11.3 Å². The molecule has 0 unspecified atom stereocenters. The number of primary amides is 1. The maximum Gasteiger partial charge on any atom is 0.325 e. The highest BCUT2D eigenvalue weighted by molar-refractivity contribution is 7.91. The van der Waals surface area contributed by atoms with Crippen LogP contribution in [0.1, 0.15) is 28.3 Å². The lowest BCUT2D eigenvalue weighted by Gasteiger charge is -2.15. The van der Waals surface area contributed by atoms with Crippen molar-refractivity contribution in [3.05, 3.63) is 76.8 Å². The molecule has 2 atom stereocenters. The number of hydrogen-bond acceptors (Lipinski definition) is 5. The van der Waals surface area contributed by atoms with Crippen LogP contribution in [0.5, 0.6) is 0 Å². The second-order valence-electron chi connectivity index (χ2n) is 7.25. The van der Waals surface area contributed by atoms with Gasteiger partial charge in [-0.2, -0.15) is 4.72 Å². The van der Waals surface area contributed by atoms with Crippen LogP contribution in [-0.4, -0.2) is 30.9 Å². The highest BCUT2D eigenvalue weighted by Crippen LogP contribution is 2.52. The quantitative estimate of drug-likeness (QED) is 0.481. The van der Waals surface area contributed by atoms with E-state index >= 15 is 0 Å². The second-order valence-corrected chi connectivity index (χ2v) is 10.7. The Bertz CT molecular complexity index is 1290. The topological polar surface area (TPSA) is 127 Å². The summed E-state index contributed by atoms with van der Waals surface area (Å²) in [7, 11) is -4.09. The van der Waals surface area contributed by atoms with Crippen LogP contribution in [0.25, 0.3) is 10.4 Å². The average molecular weight is 477 g/mol. The largest absolute Gasteiger partial charge is 0.480 e. The number of thiophene rings is 1. The maximum absolute atomic E-state index is 13.0. The number of carbonyl (C=O) groups is 2. The molecule has 1 aliphatic carbocycles. The Morgan fingerprint density at radius 3 is 2.48 bits per heavy atom. The number of hydrogen-bond donors (Lipinski definition) is 3. The Kier molecular flexibility index (Phi) is 5.38. The van der Waals surface area contributed by atoms with E-state index in [0.717, 1.165) is 16.9 Å².